The molecule has 0 bridgehead atoms. The Bertz CT molecular complexity index is 701. The summed E-state index contributed by atoms with van der Waals surface area (Å²) in [6, 6.07) is 0. The maximum absolute atomic E-state index is 9.39. The van der Waals surface area contributed by atoms with Crippen molar-refractivity contribution in [3.63, 3.8) is 0 Å². The van der Waals surface area contributed by atoms with Crippen LogP contribution >= 0.6 is 0 Å². The lowest BCUT2D eigenvalue weighted by Gasteiger charge is -2.58. The van der Waals surface area contributed by atoms with Gasteiger partial charge in [0, 0.05) is 6.61 Å². The monoisotopic (exact) mass is 410 g/mol. The van der Waals surface area contributed by atoms with Crippen molar-refractivity contribution >= 4 is 0 Å². The molecule has 4 aliphatic rings. The first-order chi connectivity index (χ1) is 14.3. The molecule has 0 amide bonds. The van der Waals surface area contributed by atoms with Crippen molar-refractivity contribution in [3.05, 3.63) is 36.0 Å². The molecular formula is C29H46O. The van der Waals surface area contributed by atoms with Crippen LogP contribution < -0.4 is 0 Å². The highest BCUT2D eigenvalue weighted by atomic mass is 16.3. The van der Waals surface area contributed by atoms with Gasteiger partial charge >= 0.3 is 0 Å². The van der Waals surface area contributed by atoms with Gasteiger partial charge in [0.25, 0.3) is 0 Å². The molecule has 4 rings (SSSR count). The van der Waals surface area contributed by atoms with Gasteiger partial charge in [-0.15, -0.1) is 0 Å². The molecule has 0 saturated heterocycles. The summed E-state index contributed by atoms with van der Waals surface area (Å²) in [7, 11) is 0. The van der Waals surface area contributed by atoms with Crippen molar-refractivity contribution in [3.8, 4) is 0 Å². The summed E-state index contributed by atoms with van der Waals surface area (Å²) in [5.74, 6) is 4.54. The number of aliphatic hydroxyl groups excluding tert-OH is 1. The highest BCUT2D eigenvalue weighted by molar-refractivity contribution is 5.24. The van der Waals surface area contributed by atoms with Crippen LogP contribution in [0.25, 0.3) is 0 Å². The van der Waals surface area contributed by atoms with Crippen molar-refractivity contribution < 1.29 is 5.11 Å². The van der Waals surface area contributed by atoms with Crippen LogP contribution in [0.2, 0.25) is 0 Å². The Morgan fingerprint density at radius 1 is 1.17 bits per heavy atom. The van der Waals surface area contributed by atoms with E-state index in [-0.39, 0.29) is 6.61 Å². The van der Waals surface area contributed by atoms with Crippen molar-refractivity contribution in [2.45, 2.75) is 91.9 Å². The van der Waals surface area contributed by atoms with Gasteiger partial charge < -0.3 is 5.11 Å². The number of fused-ring (bicyclic) bond motifs is 5. The van der Waals surface area contributed by atoms with Crippen LogP contribution in [0.4, 0.5) is 0 Å². The molecule has 0 spiro atoms. The topological polar surface area (TPSA) is 20.2 Å². The number of allylic oxidation sites excluding steroid dienone is 5. The number of hydrogen-bond donors (Lipinski definition) is 1. The van der Waals surface area contributed by atoms with E-state index < -0.39 is 0 Å². The van der Waals surface area contributed by atoms with Crippen LogP contribution in [0.3, 0.4) is 0 Å². The molecule has 0 radical (unpaired) electrons. The first-order valence-corrected chi connectivity index (χ1v) is 13.0. The first-order valence-electron chi connectivity index (χ1n) is 13.0. The lowest BCUT2D eigenvalue weighted by atomic mass is 9.47. The molecule has 30 heavy (non-hydrogen) atoms. The van der Waals surface area contributed by atoms with Gasteiger partial charge in [0.15, 0.2) is 0 Å². The van der Waals surface area contributed by atoms with E-state index >= 15 is 0 Å². The largest absolute Gasteiger partial charge is 0.396 e. The van der Waals surface area contributed by atoms with E-state index in [2.05, 4.69) is 52.5 Å². The fourth-order valence-corrected chi connectivity index (χ4v) is 8.69. The van der Waals surface area contributed by atoms with Crippen LogP contribution in [-0.4, -0.2) is 11.7 Å². The van der Waals surface area contributed by atoms with Crippen LogP contribution in [0.1, 0.15) is 91.9 Å². The Morgan fingerprint density at radius 3 is 2.70 bits per heavy atom. The minimum absolute atomic E-state index is 0.247. The van der Waals surface area contributed by atoms with E-state index in [0.29, 0.717) is 22.7 Å². The molecule has 168 valence electrons. The Kier molecular flexibility index (Phi) is 6.42. The van der Waals surface area contributed by atoms with Crippen molar-refractivity contribution in [2.75, 3.05) is 6.61 Å². The molecule has 4 aliphatic carbocycles. The van der Waals surface area contributed by atoms with Gasteiger partial charge in [-0.25, -0.2) is 0 Å². The average Bonchev–Trinajstić information content (AvgIpc) is 3.07. The molecule has 0 unspecified atom stereocenters. The lowest BCUT2D eigenvalue weighted by molar-refractivity contribution is -0.0462. The third kappa shape index (κ3) is 3.68. The molecule has 3 fully saturated rings. The highest BCUT2D eigenvalue weighted by Crippen LogP contribution is 2.67. The van der Waals surface area contributed by atoms with Gasteiger partial charge in [0.2, 0.25) is 0 Å². The predicted octanol–water partition coefficient (Wildman–Crippen LogP) is 7.72. The fraction of sp³-hybridized carbons (Fsp3) is 0.793. The van der Waals surface area contributed by atoms with Gasteiger partial charge in [-0.3, -0.25) is 0 Å². The summed E-state index contributed by atoms with van der Waals surface area (Å²) in [6.45, 7) is 14.2. The van der Waals surface area contributed by atoms with Gasteiger partial charge in [-0.1, -0.05) is 63.1 Å². The third-order valence-electron chi connectivity index (χ3n) is 10.4. The summed E-state index contributed by atoms with van der Waals surface area (Å²) in [5, 5.41) is 9.39. The minimum atomic E-state index is 0.247. The van der Waals surface area contributed by atoms with Crippen LogP contribution in [0.5, 0.6) is 0 Å². The standard InChI is InChI=1S/C29H46O/c1-20(2)22(16-19-30)10-9-21(3)25-13-14-26-24-12-11-23-8-6-7-17-28(23,4)27(24)15-18-29(25,26)5/h9-11,21-22,24-27,30H,1,6-8,12-19H2,2-5H3/t21-,22+,24+,25-,26+,27+,28+,29-/m1/s1. The molecule has 0 aromatic carbocycles. The lowest BCUT2D eigenvalue weighted by Crippen LogP contribution is -2.49. The van der Waals surface area contributed by atoms with Gasteiger partial charge in [-0.05, 0) is 111 Å². The SMILES string of the molecule is C=C(C)[C@@H](C=C[C@@H](C)[C@H]1CC[C@H]2[C@@H]3CC=C4CCCC[C@]4(C)[C@H]3CC[C@]12C)CCO. The molecule has 1 N–H and O–H groups in total. The number of hydrogen-bond acceptors (Lipinski definition) is 1. The highest BCUT2D eigenvalue weighted by Gasteiger charge is 2.58. The second-order valence-electron chi connectivity index (χ2n) is 11.9. The summed E-state index contributed by atoms with van der Waals surface area (Å²) in [6.07, 6.45) is 21.1. The molecule has 8 atom stereocenters. The quantitative estimate of drug-likeness (QED) is 0.444. The second-order valence-corrected chi connectivity index (χ2v) is 11.9. The molecule has 1 heteroatoms. The molecular weight excluding hydrogens is 364 g/mol. The molecule has 0 aromatic rings. The summed E-state index contributed by atoms with van der Waals surface area (Å²) in [4.78, 5) is 0. The molecule has 0 heterocycles. The smallest absolute Gasteiger partial charge is 0.0439 e. The zero-order valence-corrected chi connectivity index (χ0v) is 20.1. The zero-order valence-electron chi connectivity index (χ0n) is 20.1. The maximum atomic E-state index is 9.39. The van der Waals surface area contributed by atoms with Crippen molar-refractivity contribution in [2.24, 2.45) is 46.3 Å². The van der Waals surface area contributed by atoms with Gasteiger partial charge in [0.1, 0.15) is 0 Å². The van der Waals surface area contributed by atoms with E-state index in [1.165, 1.54) is 63.4 Å². The Balaban J connectivity index is 1.51. The Labute approximate surface area is 186 Å². The summed E-state index contributed by atoms with van der Waals surface area (Å²) in [5.41, 5.74) is 4.04. The maximum Gasteiger partial charge on any atom is 0.0439 e. The second kappa shape index (κ2) is 8.61. The molecule has 0 aliphatic heterocycles. The van der Waals surface area contributed by atoms with E-state index in [9.17, 15) is 5.11 Å². The molecule has 0 aromatic heterocycles. The summed E-state index contributed by atoms with van der Waals surface area (Å²) >= 11 is 0. The number of aliphatic hydroxyl groups is 1. The third-order valence-corrected chi connectivity index (χ3v) is 10.4. The van der Waals surface area contributed by atoms with Crippen LogP contribution in [0.15, 0.2) is 36.0 Å². The molecule has 3 saturated carbocycles. The van der Waals surface area contributed by atoms with Crippen LogP contribution in [-0.2, 0) is 0 Å². The average molecular weight is 411 g/mol. The van der Waals surface area contributed by atoms with Crippen molar-refractivity contribution in [1.29, 1.82) is 0 Å². The predicted molar refractivity (Wildman–Crippen MR) is 128 cm³/mol. The van der Waals surface area contributed by atoms with Gasteiger partial charge in [0.05, 0.1) is 0 Å². The van der Waals surface area contributed by atoms with E-state index in [0.717, 1.165) is 30.1 Å². The van der Waals surface area contributed by atoms with E-state index in [1.807, 2.05) is 5.57 Å². The van der Waals surface area contributed by atoms with E-state index in [4.69, 9.17) is 0 Å². The minimum Gasteiger partial charge on any atom is -0.396 e. The zero-order chi connectivity index (χ0) is 21.5. The summed E-state index contributed by atoms with van der Waals surface area (Å²) < 4.78 is 0. The Hall–Kier alpha value is -0.820. The number of rotatable bonds is 6. The first kappa shape index (κ1) is 22.4. The van der Waals surface area contributed by atoms with Crippen LogP contribution in [0, 0.1) is 46.3 Å². The van der Waals surface area contributed by atoms with Gasteiger partial charge in [-0.2, -0.15) is 0 Å². The molecule has 1 nitrogen and oxygen atoms in total. The van der Waals surface area contributed by atoms with Crippen molar-refractivity contribution in [1.82, 2.24) is 0 Å². The Morgan fingerprint density at radius 2 is 1.97 bits per heavy atom. The van der Waals surface area contributed by atoms with E-state index in [1.54, 1.807) is 0 Å². The fourth-order valence-electron chi connectivity index (χ4n) is 8.69. The normalized spacial score (nSPS) is 42.8.